The molecule has 1 heterocycles. The summed E-state index contributed by atoms with van der Waals surface area (Å²) in [6.07, 6.45) is 0. The van der Waals surface area contributed by atoms with E-state index in [1.807, 2.05) is 0 Å². The Kier molecular flexibility index (Phi) is 5.71. The first-order valence-electron chi connectivity index (χ1n) is 8.72. The molecule has 1 aliphatic heterocycles. The van der Waals surface area contributed by atoms with Crippen LogP contribution in [-0.4, -0.2) is 20.3 Å². The van der Waals surface area contributed by atoms with Crippen molar-refractivity contribution < 1.29 is 22.7 Å². The molecule has 0 atom stereocenters. The Hall–Kier alpha value is -3.90. The molecule has 0 spiro atoms. The molecule has 30 heavy (non-hydrogen) atoms. The molecule has 0 saturated heterocycles. The molecule has 1 amide bonds. The Labute approximate surface area is 173 Å². The maximum atomic E-state index is 12.7. The topological polar surface area (TPSA) is 125 Å². The number of fused-ring (bicyclic) bond motifs is 1. The first-order valence-corrected chi connectivity index (χ1v) is 10.4. The fraction of sp³-hybridized carbons (Fsp3) is 0.0952. The van der Waals surface area contributed by atoms with Gasteiger partial charge < -0.3 is 10.1 Å². The van der Waals surface area contributed by atoms with E-state index in [2.05, 4.69) is 16.6 Å². The van der Waals surface area contributed by atoms with Gasteiger partial charge in [0.05, 0.1) is 11.4 Å². The monoisotopic (exact) mass is 423 g/mol. The average molecular weight is 423 g/mol. The normalized spacial score (nSPS) is 15.6. The second kappa shape index (κ2) is 8.23. The van der Waals surface area contributed by atoms with Gasteiger partial charge in [-0.2, -0.15) is 5.26 Å². The van der Waals surface area contributed by atoms with Gasteiger partial charge in [-0.05, 0) is 36.8 Å². The van der Waals surface area contributed by atoms with Crippen LogP contribution in [0.4, 0.5) is 5.69 Å². The zero-order valence-electron chi connectivity index (χ0n) is 15.9. The predicted molar refractivity (Wildman–Crippen MR) is 110 cm³/mol. The predicted octanol–water partition coefficient (Wildman–Crippen LogP) is 2.47. The van der Waals surface area contributed by atoms with Crippen LogP contribution in [0.2, 0.25) is 0 Å². The van der Waals surface area contributed by atoms with Gasteiger partial charge in [0.25, 0.3) is 5.91 Å². The molecule has 0 saturated carbocycles. The number of hydrogen-bond acceptors (Lipinski definition) is 6. The number of nitrogens with zero attached hydrogens (tertiary/aromatic N) is 1. The molecule has 2 aromatic rings. The van der Waals surface area contributed by atoms with Crippen molar-refractivity contribution in [2.75, 3.05) is 5.32 Å². The number of amides is 1. The van der Waals surface area contributed by atoms with Gasteiger partial charge in [-0.15, -0.1) is 0 Å². The lowest BCUT2D eigenvalue weighted by atomic mass is 10.0. The lowest BCUT2D eigenvalue weighted by molar-refractivity contribution is -0.130. The van der Waals surface area contributed by atoms with Crippen LogP contribution in [-0.2, 0) is 25.4 Å². The fourth-order valence-corrected chi connectivity index (χ4v) is 4.00. The van der Waals surface area contributed by atoms with Crippen LogP contribution in [0.1, 0.15) is 18.1 Å². The Bertz CT molecular complexity index is 1220. The Morgan fingerprint density at radius 1 is 1.17 bits per heavy atom. The van der Waals surface area contributed by atoms with Crippen LogP contribution in [0.5, 0.6) is 5.75 Å². The van der Waals surface area contributed by atoms with Crippen molar-refractivity contribution >= 4 is 33.3 Å². The Balaban J connectivity index is 1.88. The third-order valence-electron chi connectivity index (χ3n) is 4.15. The first-order chi connectivity index (χ1) is 14.2. The third-order valence-corrected chi connectivity index (χ3v) is 5.36. The molecule has 0 aromatic heterocycles. The van der Waals surface area contributed by atoms with E-state index in [0.29, 0.717) is 16.8 Å². The summed E-state index contributed by atoms with van der Waals surface area (Å²) < 4.78 is 31.7. The number of sulfonamides is 1. The Morgan fingerprint density at radius 2 is 1.83 bits per heavy atom. The molecule has 2 N–H and O–H groups in total. The van der Waals surface area contributed by atoms with Gasteiger partial charge in [0, 0.05) is 16.8 Å². The summed E-state index contributed by atoms with van der Waals surface area (Å²) in [5.74, 6) is -1.34. The van der Waals surface area contributed by atoms with Gasteiger partial charge in [0.15, 0.2) is 0 Å². The van der Waals surface area contributed by atoms with E-state index in [1.165, 1.54) is 31.2 Å². The largest absolute Gasteiger partial charge is 0.423 e. The molecule has 2 aromatic carbocycles. The highest BCUT2D eigenvalue weighted by atomic mass is 32.2. The van der Waals surface area contributed by atoms with Crippen LogP contribution >= 0.6 is 0 Å². The molecule has 0 fully saturated rings. The molecular weight excluding hydrogens is 406 g/mol. The smallest absolute Gasteiger partial charge is 0.338 e. The van der Waals surface area contributed by atoms with Gasteiger partial charge >= 0.3 is 5.97 Å². The molecule has 0 unspecified atom stereocenters. The number of carbonyl (C=O) groups excluding carboxylic acids is 2. The van der Waals surface area contributed by atoms with Crippen LogP contribution in [0, 0.1) is 11.3 Å². The van der Waals surface area contributed by atoms with Crippen molar-refractivity contribution in [1.82, 2.24) is 4.72 Å². The summed E-state index contributed by atoms with van der Waals surface area (Å²) in [5.41, 5.74) is 1.10. The average Bonchev–Trinajstić information content (AvgIpc) is 2.69. The van der Waals surface area contributed by atoms with E-state index in [4.69, 9.17) is 4.74 Å². The second-order valence-electron chi connectivity index (χ2n) is 6.53. The van der Waals surface area contributed by atoms with Crippen molar-refractivity contribution in [3.63, 3.8) is 0 Å². The number of carbonyl (C=O) groups is 2. The minimum Gasteiger partial charge on any atom is -0.423 e. The van der Waals surface area contributed by atoms with Crippen LogP contribution in [0.15, 0.2) is 66.3 Å². The number of rotatable bonds is 4. The number of esters is 1. The zero-order chi connectivity index (χ0) is 21.9. The minimum atomic E-state index is -3.73. The highest BCUT2D eigenvalue weighted by Gasteiger charge is 2.28. The number of ether oxygens (including phenoxy) is 1. The third kappa shape index (κ3) is 4.56. The van der Waals surface area contributed by atoms with Crippen LogP contribution in [0.3, 0.4) is 0 Å². The quantitative estimate of drug-likeness (QED) is 0.337. The summed E-state index contributed by atoms with van der Waals surface area (Å²) in [6, 6.07) is 14.3. The van der Waals surface area contributed by atoms with Gasteiger partial charge in [-0.25, -0.2) is 13.2 Å². The number of benzene rings is 2. The minimum absolute atomic E-state index is 0.0659. The summed E-state index contributed by atoms with van der Waals surface area (Å²) >= 11 is 0. The molecule has 3 rings (SSSR count). The van der Waals surface area contributed by atoms with Crippen molar-refractivity contribution in [3.8, 4) is 11.8 Å². The van der Waals surface area contributed by atoms with E-state index in [0.717, 1.165) is 0 Å². The molecular formula is C21H17N3O5S. The lowest BCUT2D eigenvalue weighted by Crippen LogP contribution is -2.32. The molecule has 9 heteroatoms. The van der Waals surface area contributed by atoms with Crippen molar-refractivity contribution in [2.24, 2.45) is 0 Å². The second-order valence-corrected chi connectivity index (χ2v) is 8.25. The highest BCUT2D eigenvalue weighted by Crippen LogP contribution is 2.28. The van der Waals surface area contributed by atoms with E-state index in [-0.39, 0.29) is 28.3 Å². The maximum Gasteiger partial charge on any atom is 0.338 e. The van der Waals surface area contributed by atoms with E-state index in [1.54, 1.807) is 30.3 Å². The summed E-state index contributed by atoms with van der Waals surface area (Å²) in [6.45, 7) is 5.01. The fourth-order valence-electron chi connectivity index (χ4n) is 2.74. The molecule has 0 radical (unpaired) electrons. The number of nitriles is 1. The number of anilines is 1. The van der Waals surface area contributed by atoms with Crippen molar-refractivity contribution in [2.45, 2.75) is 12.7 Å². The highest BCUT2D eigenvalue weighted by molar-refractivity contribution is 7.89. The SMILES string of the molecule is C=C(C)C(=O)Oc1ccc(NC(=O)C(C#N)=C2NS(=O)(=O)Cc3ccccc32)cc1. The molecule has 8 nitrogen and oxygen atoms in total. The zero-order valence-corrected chi connectivity index (χ0v) is 16.7. The Morgan fingerprint density at radius 3 is 2.47 bits per heavy atom. The van der Waals surface area contributed by atoms with Gasteiger partial charge in [-0.1, -0.05) is 30.8 Å². The molecule has 152 valence electrons. The number of nitrogens with one attached hydrogen (secondary N) is 2. The maximum absolute atomic E-state index is 12.7. The summed E-state index contributed by atoms with van der Waals surface area (Å²) in [4.78, 5) is 24.2. The summed E-state index contributed by atoms with van der Waals surface area (Å²) in [7, 11) is -3.73. The number of hydrogen-bond donors (Lipinski definition) is 2. The van der Waals surface area contributed by atoms with Crippen molar-refractivity contribution in [1.29, 1.82) is 5.26 Å². The van der Waals surface area contributed by atoms with Gasteiger partial charge in [0.2, 0.25) is 10.0 Å². The van der Waals surface area contributed by atoms with Gasteiger partial charge in [-0.3, -0.25) is 9.52 Å². The molecule has 0 aliphatic carbocycles. The van der Waals surface area contributed by atoms with E-state index >= 15 is 0 Å². The van der Waals surface area contributed by atoms with Crippen LogP contribution < -0.4 is 14.8 Å². The first kappa shape index (κ1) is 20.8. The van der Waals surface area contributed by atoms with Gasteiger partial charge in [0.1, 0.15) is 17.4 Å². The summed E-state index contributed by atoms with van der Waals surface area (Å²) in [5, 5.41) is 12.1. The van der Waals surface area contributed by atoms with Crippen LogP contribution in [0.25, 0.3) is 5.70 Å². The standard InChI is InChI=1S/C21H17N3O5S/c1-13(2)21(26)29-16-9-7-15(8-10-16)23-20(25)18(11-22)19-17-6-4-3-5-14(17)12-30(27,28)24-19/h3-10,24H,1,12H2,2H3,(H,23,25). The van der Waals surface area contributed by atoms with E-state index in [9.17, 15) is 23.3 Å². The van der Waals surface area contributed by atoms with Crippen molar-refractivity contribution in [3.05, 3.63) is 77.4 Å². The lowest BCUT2D eigenvalue weighted by Gasteiger charge is -2.22. The molecule has 0 bridgehead atoms. The molecule has 1 aliphatic rings. The van der Waals surface area contributed by atoms with E-state index < -0.39 is 21.9 Å².